The maximum absolute atomic E-state index is 13.6. The molecule has 0 saturated carbocycles. The Morgan fingerprint density at radius 2 is 1.62 bits per heavy atom. The molecule has 0 saturated heterocycles. The minimum Gasteiger partial charge on any atom is -0.482 e. The summed E-state index contributed by atoms with van der Waals surface area (Å²) in [7, 11) is -3.97. The molecule has 0 heterocycles. The molecule has 0 fully saturated rings. The zero-order valence-corrected chi connectivity index (χ0v) is 18.2. The molecule has 3 rings (SSSR count). The Morgan fingerprint density at radius 1 is 0.938 bits per heavy atom. The fourth-order valence-corrected chi connectivity index (χ4v) is 3.96. The predicted octanol–water partition coefficient (Wildman–Crippen LogP) is 5.23. The van der Waals surface area contributed by atoms with Crippen LogP contribution in [0.1, 0.15) is 0 Å². The Hall–Kier alpha value is -2.95. The first-order valence-electron chi connectivity index (χ1n) is 8.71. The first kappa shape index (κ1) is 23.7. The maximum atomic E-state index is 13.6. The molecule has 2 N–H and O–H groups in total. The largest absolute Gasteiger partial charge is 0.482 e. The molecule has 0 aliphatic carbocycles. The first-order chi connectivity index (χ1) is 15.1. The van der Waals surface area contributed by atoms with E-state index in [4.69, 9.17) is 27.9 Å². The van der Waals surface area contributed by atoms with Crippen molar-refractivity contribution in [2.45, 2.75) is 4.90 Å². The van der Waals surface area contributed by atoms with Crippen LogP contribution in [0.15, 0.2) is 59.5 Å². The lowest BCUT2D eigenvalue weighted by atomic mass is 10.3. The zero-order chi connectivity index (χ0) is 23.5. The van der Waals surface area contributed by atoms with Crippen molar-refractivity contribution in [3.8, 4) is 5.75 Å². The van der Waals surface area contributed by atoms with E-state index < -0.39 is 45.7 Å². The van der Waals surface area contributed by atoms with Crippen LogP contribution in [0, 0.1) is 17.5 Å². The van der Waals surface area contributed by atoms with Gasteiger partial charge in [0.15, 0.2) is 24.1 Å². The second-order valence-electron chi connectivity index (χ2n) is 6.26. The molecule has 0 spiro atoms. The summed E-state index contributed by atoms with van der Waals surface area (Å²) < 4.78 is 72.4. The number of sulfonamides is 1. The number of amides is 1. The van der Waals surface area contributed by atoms with Gasteiger partial charge in [0.2, 0.25) is 0 Å². The van der Waals surface area contributed by atoms with E-state index in [1.54, 1.807) is 0 Å². The summed E-state index contributed by atoms with van der Waals surface area (Å²) in [4.78, 5) is 11.8. The number of hydrogen-bond acceptors (Lipinski definition) is 4. The molecule has 0 aliphatic heterocycles. The van der Waals surface area contributed by atoms with Crippen LogP contribution in [0.5, 0.6) is 5.75 Å². The molecule has 3 aromatic rings. The molecule has 32 heavy (non-hydrogen) atoms. The molecule has 0 aliphatic rings. The second kappa shape index (κ2) is 9.68. The van der Waals surface area contributed by atoms with Crippen molar-refractivity contribution in [1.82, 2.24) is 0 Å². The van der Waals surface area contributed by atoms with Crippen LogP contribution in [0.4, 0.5) is 24.5 Å². The predicted molar refractivity (Wildman–Crippen MR) is 114 cm³/mol. The highest BCUT2D eigenvalue weighted by Gasteiger charge is 2.18. The highest BCUT2D eigenvalue weighted by molar-refractivity contribution is 7.92. The first-order valence-corrected chi connectivity index (χ1v) is 10.9. The minimum atomic E-state index is -3.97. The van der Waals surface area contributed by atoms with Gasteiger partial charge in [-0.1, -0.05) is 23.2 Å². The molecule has 0 atom stereocenters. The zero-order valence-electron chi connectivity index (χ0n) is 15.8. The lowest BCUT2D eigenvalue weighted by Crippen LogP contribution is -2.21. The highest BCUT2D eigenvalue weighted by Crippen LogP contribution is 2.28. The van der Waals surface area contributed by atoms with Gasteiger partial charge in [0.25, 0.3) is 15.9 Å². The average molecular weight is 505 g/mol. The van der Waals surface area contributed by atoms with E-state index in [9.17, 15) is 26.4 Å². The minimum absolute atomic E-state index is 0.0296. The number of ether oxygens (including phenoxy) is 1. The van der Waals surface area contributed by atoms with Gasteiger partial charge in [-0.15, -0.1) is 0 Å². The molecule has 6 nitrogen and oxygen atoms in total. The van der Waals surface area contributed by atoms with Gasteiger partial charge in [0, 0.05) is 10.7 Å². The van der Waals surface area contributed by atoms with Crippen molar-refractivity contribution in [3.05, 3.63) is 82.1 Å². The van der Waals surface area contributed by atoms with Gasteiger partial charge in [-0.2, -0.15) is 0 Å². The summed E-state index contributed by atoms with van der Waals surface area (Å²) in [6, 6.07) is 11.0. The Balaban J connectivity index is 1.65. The standard InChI is InChI=1S/C20H13Cl2F3N2O4S/c21-11-1-3-12(4-2-11)27-32(29,30)13-5-8-17(14(22)9-13)31-10-18(28)26-16-7-6-15(23)19(24)20(16)25/h1-9,27H,10H2,(H,26,28). The number of rotatable bonds is 7. The number of carbonyl (C=O) groups excluding carboxylic acids is 1. The molecule has 3 aromatic carbocycles. The Bertz CT molecular complexity index is 1270. The van der Waals surface area contributed by atoms with Crippen LogP contribution in [0.25, 0.3) is 0 Å². The summed E-state index contributed by atoms with van der Waals surface area (Å²) in [6.07, 6.45) is 0. The topological polar surface area (TPSA) is 84.5 Å². The second-order valence-corrected chi connectivity index (χ2v) is 8.79. The molecule has 0 aromatic heterocycles. The summed E-state index contributed by atoms with van der Waals surface area (Å²) in [5.74, 6) is -5.59. The Kier molecular flexibility index (Phi) is 7.17. The summed E-state index contributed by atoms with van der Waals surface area (Å²) >= 11 is 11.8. The van der Waals surface area contributed by atoms with Crippen LogP contribution in [0.3, 0.4) is 0 Å². The number of nitrogens with one attached hydrogen (secondary N) is 2. The number of benzene rings is 3. The SMILES string of the molecule is O=C(COc1ccc(S(=O)(=O)Nc2ccc(Cl)cc2)cc1Cl)Nc1ccc(F)c(F)c1F. The molecular weight excluding hydrogens is 492 g/mol. The van der Waals surface area contributed by atoms with Crippen LogP contribution in [-0.2, 0) is 14.8 Å². The number of hydrogen-bond donors (Lipinski definition) is 2. The monoisotopic (exact) mass is 504 g/mol. The number of anilines is 2. The highest BCUT2D eigenvalue weighted by atomic mass is 35.5. The fraction of sp³-hybridized carbons (Fsp3) is 0.0500. The molecule has 1 amide bonds. The summed E-state index contributed by atoms with van der Waals surface area (Å²) in [5, 5.41) is 2.35. The van der Waals surface area contributed by atoms with Crippen LogP contribution in [0.2, 0.25) is 10.0 Å². The van der Waals surface area contributed by atoms with Crippen LogP contribution in [-0.4, -0.2) is 20.9 Å². The van der Waals surface area contributed by atoms with Crippen LogP contribution < -0.4 is 14.8 Å². The van der Waals surface area contributed by atoms with E-state index in [0.717, 1.165) is 12.1 Å². The van der Waals surface area contributed by atoms with E-state index >= 15 is 0 Å². The van der Waals surface area contributed by atoms with Gasteiger partial charge in [-0.25, -0.2) is 21.6 Å². The fourth-order valence-electron chi connectivity index (χ4n) is 2.45. The van der Waals surface area contributed by atoms with Crippen molar-refractivity contribution >= 4 is 50.5 Å². The number of halogens is 5. The van der Waals surface area contributed by atoms with Gasteiger partial charge < -0.3 is 10.1 Å². The molecule has 0 unspecified atom stereocenters. The quantitative estimate of drug-likeness (QED) is 0.431. The van der Waals surface area contributed by atoms with Crippen molar-refractivity contribution in [2.75, 3.05) is 16.6 Å². The molecular formula is C20H13Cl2F3N2O4S. The van der Waals surface area contributed by atoms with E-state index in [1.165, 1.54) is 36.4 Å². The lowest BCUT2D eigenvalue weighted by molar-refractivity contribution is -0.118. The van der Waals surface area contributed by atoms with Gasteiger partial charge in [0.1, 0.15) is 5.75 Å². The molecule has 12 heteroatoms. The molecule has 0 radical (unpaired) electrons. The van der Waals surface area contributed by atoms with E-state index in [2.05, 4.69) is 4.72 Å². The van der Waals surface area contributed by atoms with Crippen molar-refractivity contribution in [2.24, 2.45) is 0 Å². The van der Waals surface area contributed by atoms with Crippen molar-refractivity contribution < 1.29 is 31.1 Å². The van der Waals surface area contributed by atoms with Gasteiger partial charge >= 0.3 is 0 Å². The van der Waals surface area contributed by atoms with Crippen LogP contribution >= 0.6 is 23.2 Å². The third-order valence-electron chi connectivity index (χ3n) is 3.98. The molecule has 168 valence electrons. The van der Waals surface area contributed by atoms with Crippen molar-refractivity contribution in [1.29, 1.82) is 0 Å². The van der Waals surface area contributed by atoms with E-state index in [-0.39, 0.29) is 21.4 Å². The number of carbonyl (C=O) groups is 1. The Labute approximate surface area is 191 Å². The van der Waals surface area contributed by atoms with Gasteiger partial charge in [0.05, 0.1) is 15.6 Å². The summed E-state index contributed by atoms with van der Waals surface area (Å²) in [6.45, 7) is -0.659. The Morgan fingerprint density at radius 3 is 2.28 bits per heavy atom. The van der Waals surface area contributed by atoms with Gasteiger partial charge in [-0.05, 0) is 54.6 Å². The van der Waals surface area contributed by atoms with E-state index in [0.29, 0.717) is 11.1 Å². The third-order valence-corrected chi connectivity index (χ3v) is 5.90. The molecule has 0 bridgehead atoms. The van der Waals surface area contributed by atoms with Gasteiger partial charge in [-0.3, -0.25) is 9.52 Å². The normalized spacial score (nSPS) is 11.2. The maximum Gasteiger partial charge on any atom is 0.262 e. The van der Waals surface area contributed by atoms with Crippen molar-refractivity contribution in [3.63, 3.8) is 0 Å². The lowest BCUT2D eigenvalue weighted by Gasteiger charge is -2.12. The third kappa shape index (κ3) is 5.64. The average Bonchev–Trinajstić information content (AvgIpc) is 2.74. The summed E-state index contributed by atoms with van der Waals surface area (Å²) in [5.41, 5.74) is -0.287. The van der Waals surface area contributed by atoms with E-state index in [1.807, 2.05) is 5.32 Å². The smallest absolute Gasteiger partial charge is 0.262 e.